The molecular formula is C26H24N6O2. The summed E-state index contributed by atoms with van der Waals surface area (Å²) in [4.78, 5) is 34.8. The summed E-state index contributed by atoms with van der Waals surface area (Å²) in [6, 6.07) is 15.6. The molecule has 0 aliphatic rings. The summed E-state index contributed by atoms with van der Waals surface area (Å²) in [5.41, 5.74) is 10.1. The quantitative estimate of drug-likeness (QED) is 0.404. The number of hydrogen-bond donors (Lipinski definition) is 1. The normalized spacial score (nSPS) is 11.4. The number of ketones is 1. The molecule has 0 unspecified atom stereocenters. The third kappa shape index (κ3) is 3.35. The van der Waals surface area contributed by atoms with Crippen LogP contribution in [0.2, 0.25) is 0 Å². The van der Waals surface area contributed by atoms with E-state index in [-0.39, 0.29) is 35.8 Å². The Balaban J connectivity index is 1.81. The molecule has 8 heteroatoms. The third-order valence-electron chi connectivity index (χ3n) is 6.14. The lowest BCUT2D eigenvalue weighted by molar-refractivity contribution is 0.0984. The monoisotopic (exact) mass is 452 g/mol. The zero-order valence-electron chi connectivity index (χ0n) is 19.2. The average Bonchev–Trinajstić information content (AvgIpc) is 3.19. The summed E-state index contributed by atoms with van der Waals surface area (Å²) in [5, 5.41) is 6.53. The number of benzene rings is 2. The Kier molecular flexibility index (Phi) is 5.20. The fourth-order valence-electron chi connectivity index (χ4n) is 4.44. The largest absolute Gasteiger partial charge is 0.383 e. The molecule has 5 aromatic rings. The molecule has 3 heterocycles. The summed E-state index contributed by atoms with van der Waals surface area (Å²) < 4.78 is 3.35. The standard InChI is InChI=1S/C26H24N6O2/c1-4-20(33)23-22-24(27)28-14-29-25(22)31(30-23)13-18-12-17-10-7-9-16(3)21(17)26(34)32(18)19-11-6-5-8-15(19)2/h5-12,14H,4,13H2,1-3H3,(H2,27,28,29). The zero-order chi connectivity index (χ0) is 24.0. The minimum absolute atomic E-state index is 0.102. The summed E-state index contributed by atoms with van der Waals surface area (Å²) in [6.45, 7) is 5.91. The number of pyridine rings is 1. The number of Topliss-reactive ketones (excluding diaryl/α,β-unsaturated/α-hetero) is 1. The third-order valence-corrected chi connectivity index (χ3v) is 6.14. The smallest absolute Gasteiger partial charge is 0.263 e. The van der Waals surface area contributed by atoms with Gasteiger partial charge >= 0.3 is 0 Å². The van der Waals surface area contributed by atoms with Crippen LogP contribution in [-0.4, -0.2) is 30.1 Å². The molecule has 0 radical (unpaired) electrons. The lowest BCUT2D eigenvalue weighted by Gasteiger charge is -2.17. The van der Waals surface area contributed by atoms with Crippen molar-refractivity contribution in [2.75, 3.05) is 5.73 Å². The number of hydrogen-bond acceptors (Lipinski definition) is 6. The fraction of sp³-hybridized carbons (Fsp3) is 0.192. The van der Waals surface area contributed by atoms with E-state index in [1.54, 1.807) is 16.2 Å². The van der Waals surface area contributed by atoms with Crippen LogP contribution in [0.1, 0.15) is 40.7 Å². The molecule has 0 fully saturated rings. The SMILES string of the molecule is CCC(=O)c1nn(Cc2cc3cccc(C)c3c(=O)n2-c2ccccc2C)c2ncnc(N)c12. The van der Waals surface area contributed by atoms with Gasteiger partial charge in [0.2, 0.25) is 0 Å². The molecule has 0 amide bonds. The molecule has 8 nitrogen and oxygen atoms in total. The molecule has 0 aliphatic heterocycles. The van der Waals surface area contributed by atoms with E-state index in [9.17, 15) is 9.59 Å². The van der Waals surface area contributed by atoms with E-state index in [1.165, 1.54) is 6.33 Å². The Bertz CT molecular complexity index is 1650. The lowest BCUT2D eigenvalue weighted by atomic mass is 10.1. The second kappa shape index (κ2) is 8.22. The summed E-state index contributed by atoms with van der Waals surface area (Å²) in [6.07, 6.45) is 1.64. The Morgan fingerprint density at radius 2 is 1.76 bits per heavy atom. The number of anilines is 1. The van der Waals surface area contributed by atoms with Crippen LogP contribution in [0.15, 0.2) is 59.7 Å². The number of nitrogen functional groups attached to an aromatic ring is 1. The van der Waals surface area contributed by atoms with Crippen LogP contribution >= 0.6 is 0 Å². The first kappa shape index (κ1) is 21.5. The Morgan fingerprint density at radius 1 is 1.00 bits per heavy atom. The van der Waals surface area contributed by atoms with Crippen LogP contribution < -0.4 is 11.3 Å². The van der Waals surface area contributed by atoms with Crippen LogP contribution in [0.25, 0.3) is 27.5 Å². The van der Waals surface area contributed by atoms with Gasteiger partial charge in [0.05, 0.1) is 23.0 Å². The van der Waals surface area contributed by atoms with Gasteiger partial charge in [-0.05, 0) is 42.5 Å². The number of aryl methyl sites for hydroxylation is 2. The molecular weight excluding hydrogens is 428 g/mol. The maximum absolute atomic E-state index is 13.8. The van der Waals surface area contributed by atoms with Gasteiger partial charge in [0.1, 0.15) is 17.8 Å². The van der Waals surface area contributed by atoms with Crippen molar-refractivity contribution in [1.29, 1.82) is 0 Å². The number of para-hydroxylation sites is 1. The second-order valence-electron chi connectivity index (χ2n) is 8.34. The zero-order valence-corrected chi connectivity index (χ0v) is 19.2. The van der Waals surface area contributed by atoms with Crippen molar-refractivity contribution < 1.29 is 4.79 Å². The summed E-state index contributed by atoms with van der Waals surface area (Å²) >= 11 is 0. The van der Waals surface area contributed by atoms with Crippen molar-refractivity contribution in [3.8, 4) is 5.69 Å². The first-order chi connectivity index (χ1) is 16.4. The molecule has 5 rings (SSSR count). The van der Waals surface area contributed by atoms with Crippen molar-refractivity contribution in [3.63, 3.8) is 0 Å². The molecule has 170 valence electrons. The van der Waals surface area contributed by atoms with E-state index in [4.69, 9.17) is 5.73 Å². The summed E-state index contributed by atoms with van der Waals surface area (Å²) in [5.74, 6) is 0.0640. The van der Waals surface area contributed by atoms with E-state index < -0.39 is 0 Å². The Hall–Kier alpha value is -4.33. The topological polar surface area (TPSA) is 109 Å². The van der Waals surface area contributed by atoms with Crippen LogP contribution in [-0.2, 0) is 6.54 Å². The van der Waals surface area contributed by atoms with Gasteiger partial charge in [-0.3, -0.25) is 14.2 Å². The van der Waals surface area contributed by atoms with Crippen molar-refractivity contribution in [2.45, 2.75) is 33.7 Å². The molecule has 0 saturated heterocycles. The minimum Gasteiger partial charge on any atom is -0.383 e. The Morgan fingerprint density at radius 3 is 2.53 bits per heavy atom. The van der Waals surface area contributed by atoms with Crippen LogP contribution in [0.3, 0.4) is 0 Å². The summed E-state index contributed by atoms with van der Waals surface area (Å²) in [7, 11) is 0. The molecule has 2 aromatic carbocycles. The highest BCUT2D eigenvalue weighted by Crippen LogP contribution is 2.25. The molecule has 0 atom stereocenters. The predicted molar refractivity (Wildman–Crippen MR) is 132 cm³/mol. The van der Waals surface area contributed by atoms with E-state index in [0.717, 1.165) is 27.9 Å². The molecule has 2 N–H and O–H groups in total. The lowest BCUT2D eigenvalue weighted by Crippen LogP contribution is -2.25. The van der Waals surface area contributed by atoms with Crippen LogP contribution in [0, 0.1) is 13.8 Å². The number of aromatic nitrogens is 5. The van der Waals surface area contributed by atoms with E-state index in [0.29, 0.717) is 16.4 Å². The van der Waals surface area contributed by atoms with Crippen molar-refractivity contribution in [1.82, 2.24) is 24.3 Å². The first-order valence-corrected chi connectivity index (χ1v) is 11.1. The molecule has 3 aromatic heterocycles. The maximum atomic E-state index is 13.8. The highest BCUT2D eigenvalue weighted by molar-refractivity contribution is 6.08. The maximum Gasteiger partial charge on any atom is 0.263 e. The highest BCUT2D eigenvalue weighted by Gasteiger charge is 2.22. The number of nitrogens with zero attached hydrogens (tertiary/aromatic N) is 5. The van der Waals surface area contributed by atoms with Gasteiger partial charge in [-0.2, -0.15) is 5.10 Å². The first-order valence-electron chi connectivity index (χ1n) is 11.1. The van der Waals surface area contributed by atoms with E-state index in [1.807, 2.05) is 62.4 Å². The number of fused-ring (bicyclic) bond motifs is 2. The van der Waals surface area contributed by atoms with Gasteiger partial charge in [0.15, 0.2) is 11.4 Å². The molecule has 0 aliphatic carbocycles. The van der Waals surface area contributed by atoms with E-state index >= 15 is 0 Å². The minimum atomic E-state index is -0.143. The highest BCUT2D eigenvalue weighted by atomic mass is 16.1. The number of nitrogens with two attached hydrogens (primary N) is 1. The van der Waals surface area contributed by atoms with Crippen molar-refractivity contribution in [2.24, 2.45) is 0 Å². The van der Waals surface area contributed by atoms with Gasteiger partial charge in [-0.1, -0.05) is 43.3 Å². The fourth-order valence-corrected chi connectivity index (χ4v) is 4.44. The number of carbonyl (C=O) groups is 1. The van der Waals surface area contributed by atoms with Crippen molar-refractivity contribution in [3.05, 3.63) is 87.7 Å². The molecule has 0 spiro atoms. The Labute approximate surface area is 195 Å². The molecule has 34 heavy (non-hydrogen) atoms. The van der Waals surface area contributed by atoms with Gasteiger partial charge in [0.25, 0.3) is 5.56 Å². The number of rotatable bonds is 5. The molecule has 0 saturated carbocycles. The van der Waals surface area contributed by atoms with Crippen LogP contribution in [0.5, 0.6) is 0 Å². The van der Waals surface area contributed by atoms with Gasteiger partial charge in [-0.15, -0.1) is 0 Å². The van der Waals surface area contributed by atoms with Gasteiger partial charge in [-0.25, -0.2) is 14.6 Å². The van der Waals surface area contributed by atoms with E-state index in [2.05, 4.69) is 15.1 Å². The molecule has 0 bridgehead atoms. The predicted octanol–water partition coefficient (Wildman–Crippen LogP) is 3.97. The van der Waals surface area contributed by atoms with Gasteiger partial charge in [0, 0.05) is 12.1 Å². The average molecular weight is 453 g/mol. The van der Waals surface area contributed by atoms with Crippen molar-refractivity contribution >= 4 is 33.4 Å². The second-order valence-corrected chi connectivity index (χ2v) is 8.34. The van der Waals surface area contributed by atoms with Gasteiger partial charge < -0.3 is 5.73 Å². The van der Waals surface area contributed by atoms with Crippen LogP contribution in [0.4, 0.5) is 5.82 Å². The number of carbonyl (C=O) groups excluding carboxylic acids is 1.